The average molecular weight is 367 g/mol. The molecule has 0 bridgehead atoms. The lowest BCUT2D eigenvalue weighted by atomic mass is 10.0. The maximum absolute atomic E-state index is 13.8. The number of nitrogens with zero attached hydrogens (tertiary/aromatic N) is 1. The van der Waals surface area contributed by atoms with Crippen LogP contribution in [0, 0.1) is 11.6 Å². The van der Waals surface area contributed by atoms with E-state index in [1.165, 1.54) is 18.3 Å². The molecule has 0 radical (unpaired) electrons. The molecule has 0 aliphatic carbocycles. The van der Waals surface area contributed by atoms with Crippen LogP contribution in [-0.4, -0.2) is 4.98 Å². The van der Waals surface area contributed by atoms with Crippen molar-refractivity contribution < 1.29 is 8.78 Å². The van der Waals surface area contributed by atoms with Crippen molar-refractivity contribution in [2.45, 2.75) is 11.8 Å². The molecule has 1 atom stereocenters. The Morgan fingerprint density at radius 1 is 1.26 bits per heavy atom. The van der Waals surface area contributed by atoms with Crippen molar-refractivity contribution in [2.24, 2.45) is 0 Å². The summed E-state index contributed by atoms with van der Waals surface area (Å²) in [7, 11) is 0. The van der Waals surface area contributed by atoms with Crippen LogP contribution in [-0.2, 0) is 6.42 Å². The van der Waals surface area contributed by atoms with Gasteiger partial charge in [-0.2, -0.15) is 0 Å². The van der Waals surface area contributed by atoms with Gasteiger partial charge in [-0.05, 0) is 30.2 Å². The number of rotatable bonds is 3. The van der Waals surface area contributed by atoms with Crippen LogP contribution in [0.4, 0.5) is 8.78 Å². The van der Waals surface area contributed by atoms with E-state index < -0.39 is 17.0 Å². The van der Waals surface area contributed by atoms with Crippen LogP contribution in [0.5, 0.6) is 0 Å². The summed E-state index contributed by atoms with van der Waals surface area (Å²) in [5, 5.41) is -0.418. The van der Waals surface area contributed by atoms with Crippen molar-refractivity contribution in [3.05, 3.63) is 62.8 Å². The minimum atomic E-state index is -0.840. The molecule has 2 rings (SSSR count). The van der Waals surface area contributed by atoms with Gasteiger partial charge in [0.25, 0.3) is 0 Å². The monoisotopic (exact) mass is 365 g/mol. The molecule has 1 aromatic heterocycles. The summed E-state index contributed by atoms with van der Waals surface area (Å²) in [4.78, 5) is 3.84. The number of hydrogen-bond donors (Lipinski definition) is 0. The fourth-order valence-corrected chi connectivity index (χ4v) is 2.69. The zero-order chi connectivity index (χ0) is 14.0. The zero-order valence-corrected chi connectivity index (χ0v) is 12.6. The fraction of sp³-hybridized carbons (Fsp3) is 0.154. The van der Waals surface area contributed by atoms with Crippen molar-refractivity contribution in [3.8, 4) is 0 Å². The molecule has 0 fully saturated rings. The largest absolute Gasteiger partial charge is 0.263 e. The van der Waals surface area contributed by atoms with Gasteiger partial charge in [0.15, 0.2) is 0 Å². The molecule has 0 amide bonds. The lowest BCUT2D eigenvalue weighted by Crippen LogP contribution is -2.03. The second-order valence-electron chi connectivity index (χ2n) is 3.92. The summed E-state index contributed by atoms with van der Waals surface area (Å²) in [6.07, 6.45) is 3.24. The summed E-state index contributed by atoms with van der Waals surface area (Å²) >= 11 is 15.1. The zero-order valence-electron chi connectivity index (χ0n) is 9.51. The number of alkyl halides is 1. The molecule has 100 valence electrons. The minimum absolute atomic E-state index is 0.155. The molecule has 0 spiro atoms. The molecule has 19 heavy (non-hydrogen) atoms. The molecular weight excluding hydrogens is 359 g/mol. The third kappa shape index (κ3) is 3.44. The van der Waals surface area contributed by atoms with Crippen LogP contribution < -0.4 is 0 Å². The van der Waals surface area contributed by atoms with Gasteiger partial charge in [-0.1, -0.05) is 27.5 Å². The van der Waals surface area contributed by atoms with Crippen molar-refractivity contribution in [3.63, 3.8) is 0 Å². The van der Waals surface area contributed by atoms with Crippen molar-refractivity contribution in [1.29, 1.82) is 0 Å². The maximum atomic E-state index is 13.8. The van der Waals surface area contributed by atoms with Crippen molar-refractivity contribution in [2.75, 3.05) is 0 Å². The number of hydrogen-bond acceptors (Lipinski definition) is 1. The molecule has 0 aliphatic rings. The standard InChI is InChI=1S/C13H8BrCl2F2N/c14-8-4-11(17)13(12(18)5-8)9(15)3-7-1-2-19-6-10(7)16/h1-2,4-6,9H,3H2. The summed E-state index contributed by atoms with van der Waals surface area (Å²) in [5.74, 6) is -1.37. The van der Waals surface area contributed by atoms with E-state index in [0.29, 0.717) is 15.1 Å². The van der Waals surface area contributed by atoms with E-state index in [-0.39, 0.29) is 12.0 Å². The lowest BCUT2D eigenvalue weighted by Gasteiger charge is -2.13. The van der Waals surface area contributed by atoms with Gasteiger partial charge in [0, 0.05) is 22.4 Å². The van der Waals surface area contributed by atoms with Gasteiger partial charge in [0.2, 0.25) is 0 Å². The van der Waals surface area contributed by atoms with Gasteiger partial charge in [-0.15, -0.1) is 11.6 Å². The quantitative estimate of drug-likeness (QED) is 0.672. The SMILES string of the molecule is Fc1cc(Br)cc(F)c1C(Cl)Cc1ccncc1Cl. The second-order valence-corrected chi connectivity index (χ2v) is 5.77. The summed E-state index contributed by atoms with van der Waals surface area (Å²) in [6, 6.07) is 4.04. The average Bonchev–Trinajstić information content (AvgIpc) is 2.30. The third-order valence-corrected chi connectivity index (χ3v) is 3.78. The Labute approximate surface area is 127 Å². The third-order valence-electron chi connectivity index (χ3n) is 2.61. The van der Waals surface area contributed by atoms with Crippen LogP contribution >= 0.6 is 39.1 Å². The van der Waals surface area contributed by atoms with Gasteiger partial charge >= 0.3 is 0 Å². The number of benzene rings is 1. The summed E-state index contributed by atoms with van der Waals surface area (Å²) in [6.45, 7) is 0. The highest BCUT2D eigenvalue weighted by Gasteiger charge is 2.20. The van der Waals surface area contributed by atoms with Crippen molar-refractivity contribution >= 4 is 39.1 Å². The molecule has 1 nitrogen and oxygen atoms in total. The Balaban J connectivity index is 2.31. The Morgan fingerprint density at radius 3 is 2.47 bits per heavy atom. The summed E-state index contributed by atoms with van der Waals surface area (Å²) < 4.78 is 27.9. The highest BCUT2D eigenvalue weighted by atomic mass is 79.9. The van der Waals surface area contributed by atoms with E-state index >= 15 is 0 Å². The van der Waals surface area contributed by atoms with Crippen LogP contribution in [0.1, 0.15) is 16.5 Å². The predicted molar refractivity (Wildman–Crippen MR) is 75.6 cm³/mol. The molecule has 1 aromatic carbocycles. The van der Waals surface area contributed by atoms with E-state index in [0.717, 1.165) is 0 Å². The molecule has 1 unspecified atom stereocenters. The molecular formula is C13H8BrCl2F2N. The van der Waals surface area contributed by atoms with Crippen LogP contribution in [0.2, 0.25) is 5.02 Å². The first-order valence-electron chi connectivity index (χ1n) is 5.36. The smallest absolute Gasteiger partial charge is 0.131 e. The Hall–Kier alpha value is -0.710. The van der Waals surface area contributed by atoms with Crippen LogP contribution in [0.3, 0.4) is 0 Å². The van der Waals surface area contributed by atoms with Gasteiger partial charge < -0.3 is 0 Å². The maximum Gasteiger partial charge on any atom is 0.131 e. The van der Waals surface area contributed by atoms with Crippen LogP contribution in [0.15, 0.2) is 35.1 Å². The number of pyridine rings is 1. The van der Waals surface area contributed by atoms with Gasteiger partial charge in [0.1, 0.15) is 11.6 Å². The fourth-order valence-electron chi connectivity index (χ4n) is 1.72. The Kier molecular flexibility index (Phi) is 4.76. The van der Waals surface area contributed by atoms with E-state index in [2.05, 4.69) is 20.9 Å². The first-order chi connectivity index (χ1) is 8.99. The first kappa shape index (κ1) is 14.7. The lowest BCUT2D eigenvalue weighted by molar-refractivity contribution is 0.549. The molecule has 0 saturated heterocycles. The highest BCUT2D eigenvalue weighted by molar-refractivity contribution is 9.10. The molecule has 0 aliphatic heterocycles. The Morgan fingerprint density at radius 2 is 1.89 bits per heavy atom. The van der Waals surface area contributed by atoms with Gasteiger partial charge in [-0.25, -0.2) is 8.78 Å². The van der Waals surface area contributed by atoms with E-state index in [1.807, 2.05) is 0 Å². The van der Waals surface area contributed by atoms with Crippen molar-refractivity contribution in [1.82, 2.24) is 4.98 Å². The second kappa shape index (κ2) is 6.16. The molecule has 6 heteroatoms. The van der Waals surface area contributed by atoms with E-state index in [4.69, 9.17) is 23.2 Å². The van der Waals surface area contributed by atoms with Gasteiger partial charge in [-0.3, -0.25) is 4.98 Å². The molecule has 1 heterocycles. The minimum Gasteiger partial charge on any atom is -0.263 e. The first-order valence-corrected chi connectivity index (χ1v) is 6.96. The molecule has 2 aromatic rings. The van der Waals surface area contributed by atoms with E-state index in [9.17, 15) is 8.78 Å². The van der Waals surface area contributed by atoms with Crippen LogP contribution in [0.25, 0.3) is 0 Å². The van der Waals surface area contributed by atoms with E-state index in [1.54, 1.807) is 12.3 Å². The predicted octanol–water partition coefficient (Wildman–Crippen LogP) is 5.30. The molecule has 0 N–H and O–H groups in total. The highest BCUT2D eigenvalue weighted by Crippen LogP contribution is 2.32. The number of halogens is 5. The Bertz CT molecular complexity index is 584. The number of aromatic nitrogens is 1. The summed E-state index contributed by atoms with van der Waals surface area (Å²) in [5.41, 5.74) is 0.538. The normalized spacial score (nSPS) is 12.5. The topological polar surface area (TPSA) is 12.9 Å². The molecule has 0 saturated carbocycles. The van der Waals surface area contributed by atoms with Gasteiger partial charge in [0.05, 0.1) is 10.4 Å².